The van der Waals surface area contributed by atoms with Crippen LogP contribution in [0.5, 0.6) is 0 Å². The molecule has 4 unspecified atom stereocenters. The average molecular weight is 339 g/mol. The molecule has 1 N–H and O–H groups in total. The Bertz CT molecular complexity index is 855. The monoisotopic (exact) mass is 339 g/mol. The Balaban J connectivity index is 2.06. The molecule has 0 saturated carbocycles. The highest BCUT2D eigenvalue weighted by Gasteiger charge is 2.38. The quantitative estimate of drug-likeness (QED) is 0.714. The molecule has 1 aromatic heterocycles. The lowest BCUT2D eigenvalue weighted by Crippen LogP contribution is -2.27. The van der Waals surface area contributed by atoms with Crippen molar-refractivity contribution in [1.82, 2.24) is 4.98 Å². The summed E-state index contributed by atoms with van der Waals surface area (Å²) in [5.41, 5.74) is 8.94. The maximum absolute atomic E-state index is 9.96. The summed E-state index contributed by atoms with van der Waals surface area (Å²) in [6.45, 7) is 10.7. The van der Waals surface area contributed by atoms with Crippen LogP contribution in [-0.4, -0.2) is 10.1 Å². The summed E-state index contributed by atoms with van der Waals surface area (Å²) in [4.78, 5) is 4.67. The number of aryl methyl sites for hydroxylation is 2. The Labute approximate surface area is 150 Å². The summed E-state index contributed by atoms with van der Waals surface area (Å²) < 4.78 is 6.06. The SMILES string of the molecule is CC(C)=CC1CC(C)C2CCCc3c2c1c(C)c1nc(C(C)O)oc31. The van der Waals surface area contributed by atoms with Gasteiger partial charge in [0, 0.05) is 11.5 Å². The summed E-state index contributed by atoms with van der Waals surface area (Å²) in [6.07, 6.45) is 6.56. The van der Waals surface area contributed by atoms with Gasteiger partial charge in [0.05, 0.1) is 0 Å². The Morgan fingerprint density at radius 2 is 2.08 bits per heavy atom. The van der Waals surface area contributed by atoms with E-state index in [2.05, 4.69) is 38.8 Å². The highest BCUT2D eigenvalue weighted by atomic mass is 16.4. The van der Waals surface area contributed by atoms with Crippen LogP contribution in [0.4, 0.5) is 0 Å². The van der Waals surface area contributed by atoms with E-state index >= 15 is 0 Å². The van der Waals surface area contributed by atoms with Gasteiger partial charge in [0.15, 0.2) is 5.58 Å². The lowest BCUT2D eigenvalue weighted by Gasteiger charge is -2.40. The van der Waals surface area contributed by atoms with Gasteiger partial charge in [-0.05, 0) is 81.9 Å². The predicted octanol–water partition coefficient (Wildman–Crippen LogP) is 5.70. The number of allylic oxidation sites excluding steroid dienone is 2. The number of benzene rings is 1. The molecule has 0 fully saturated rings. The molecule has 25 heavy (non-hydrogen) atoms. The third-order valence-electron chi connectivity index (χ3n) is 6.18. The van der Waals surface area contributed by atoms with E-state index in [0.717, 1.165) is 17.5 Å². The van der Waals surface area contributed by atoms with Gasteiger partial charge in [0.1, 0.15) is 11.6 Å². The second kappa shape index (κ2) is 5.98. The minimum atomic E-state index is -0.664. The molecule has 2 aliphatic carbocycles. The number of rotatable bonds is 2. The van der Waals surface area contributed by atoms with Gasteiger partial charge in [-0.2, -0.15) is 0 Å². The maximum Gasteiger partial charge on any atom is 0.224 e. The van der Waals surface area contributed by atoms with Crippen LogP contribution in [0.15, 0.2) is 16.1 Å². The number of fused-ring (bicyclic) bond motifs is 2. The van der Waals surface area contributed by atoms with Gasteiger partial charge in [-0.1, -0.05) is 18.6 Å². The lowest BCUT2D eigenvalue weighted by molar-refractivity contribution is 0.165. The molecule has 1 heterocycles. The van der Waals surface area contributed by atoms with Gasteiger partial charge < -0.3 is 9.52 Å². The van der Waals surface area contributed by atoms with Gasteiger partial charge in [0.25, 0.3) is 0 Å². The predicted molar refractivity (Wildman–Crippen MR) is 101 cm³/mol. The largest absolute Gasteiger partial charge is 0.438 e. The molecule has 0 bridgehead atoms. The highest BCUT2D eigenvalue weighted by Crippen LogP contribution is 2.52. The Morgan fingerprint density at radius 1 is 1.32 bits per heavy atom. The summed E-state index contributed by atoms with van der Waals surface area (Å²) in [6, 6.07) is 0. The summed E-state index contributed by atoms with van der Waals surface area (Å²) in [7, 11) is 0. The van der Waals surface area contributed by atoms with E-state index in [1.54, 1.807) is 12.5 Å². The Morgan fingerprint density at radius 3 is 2.76 bits per heavy atom. The number of aliphatic hydroxyl groups excluding tert-OH is 1. The number of nitrogens with zero attached hydrogens (tertiary/aromatic N) is 1. The Kier molecular flexibility index (Phi) is 4.03. The molecule has 0 saturated heterocycles. The lowest BCUT2D eigenvalue weighted by atomic mass is 9.64. The number of hydrogen-bond acceptors (Lipinski definition) is 3. The van der Waals surface area contributed by atoms with Crippen molar-refractivity contribution in [3.05, 3.63) is 39.8 Å². The second-order valence-corrected chi connectivity index (χ2v) is 8.40. The fourth-order valence-electron chi connectivity index (χ4n) is 5.19. The molecular formula is C22H29NO2. The molecule has 134 valence electrons. The van der Waals surface area contributed by atoms with Crippen molar-refractivity contribution in [3.63, 3.8) is 0 Å². The standard InChI is InChI=1S/C22H29NO2/c1-11(2)9-15-10-12(3)16-7-6-8-17-19(16)18(15)13(4)20-21(17)25-22(23-20)14(5)24/h9,12,14-16,24H,6-8,10H2,1-5H3. The van der Waals surface area contributed by atoms with Crippen molar-refractivity contribution >= 4 is 11.1 Å². The van der Waals surface area contributed by atoms with Gasteiger partial charge in [-0.25, -0.2) is 4.98 Å². The fourth-order valence-corrected chi connectivity index (χ4v) is 5.19. The van der Waals surface area contributed by atoms with Gasteiger partial charge in [0.2, 0.25) is 5.89 Å². The zero-order valence-corrected chi connectivity index (χ0v) is 16.0. The van der Waals surface area contributed by atoms with Gasteiger partial charge >= 0.3 is 0 Å². The van der Waals surface area contributed by atoms with E-state index in [0.29, 0.717) is 23.6 Å². The topological polar surface area (TPSA) is 46.3 Å². The summed E-state index contributed by atoms with van der Waals surface area (Å²) >= 11 is 0. The fraction of sp³-hybridized carbons (Fsp3) is 0.591. The zero-order chi connectivity index (χ0) is 17.9. The van der Waals surface area contributed by atoms with E-state index in [9.17, 15) is 5.11 Å². The van der Waals surface area contributed by atoms with Crippen LogP contribution in [0.1, 0.15) is 93.0 Å². The van der Waals surface area contributed by atoms with Crippen LogP contribution in [-0.2, 0) is 6.42 Å². The smallest absolute Gasteiger partial charge is 0.224 e. The minimum absolute atomic E-state index is 0.450. The van der Waals surface area contributed by atoms with Crippen molar-refractivity contribution in [2.45, 2.75) is 78.2 Å². The molecule has 4 atom stereocenters. The first-order valence-electron chi connectivity index (χ1n) is 9.67. The maximum atomic E-state index is 9.96. The zero-order valence-electron chi connectivity index (χ0n) is 16.0. The van der Waals surface area contributed by atoms with Crippen LogP contribution in [0.2, 0.25) is 0 Å². The molecule has 1 aromatic carbocycles. The van der Waals surface area contributed by atoms with Gasteiger partial charge in [-0.3, -0.25) is 0 Å². The molecule has 4 rings (SSSR count). The van der Waals surface area contributed by atoms with E-state index < -0.39 is 6.10 Å². The number of aromatic nitrogens is 1. The minimum Gasteiger partial charge on any atom is -0.438 e. The van der Waals surface area contributed by atoms with Crippen LogP contribution < -0.4 is 0 Å². The van der Waals surface area contributed by atoms with Crippen molar-refractivity contribution in [2.75, 3.05) is 0 Å². The normalized spacial score (nSPS) is 26.4. The first-order valence-corrected chi connectivity index (χ1v) is 9.67. The molecule has 2 aromatic rings. The van der Waals surface area contributed by atoms with E-state index in [-0.39, 0.29) is 0 Å². The molecule has 0 amide bonds. The molecule has 0 spiro atoms. The van der Waals surface area contributed by atoms with E-state index in [4.69, 9.17) is 4.42 Å². The van der Waals surface area contributed by atoms with Crippen LogP contribution in [0.3, 0.4) is 0 Å². The third kappa shape index (κ3) is 2.55. The second-order valence-electron chi connectivity index (χ2n) is 8.40. The van der Waals surface area contributed by atoms with Crippen molar-refractivity contribution in [2.24, 2.45) is 5.92 Å². The number of oxazole rings is 1. The Hall–Kier alpha value is -1.61. The van der Waals surface area contributed by atoms with Crippen molar-refractivity contribution in [1.29, 1.82) is 0 Å². The molecule has 3 heteroatoms. The van der Waals surface area contributed by atoms with Crippen LogP contribution in [0, 0.1) is 12.8 Å². The van der Waals surface area contributed by atoms with Crippen molar-refractivity contribution in [3.8, 4) is 0 Å². The first kappa shape index (κ1) is 16.8. The number of hydrogen-bond donors (Lipinski definition) is 1. The van der Waals surface area contributed by atoms with E-state index in [1.165, 1.54) is 41.5 Å². The highest BCUT2D eigenvalue weighted by molar-refractivity contribution is 5.84. The van der Waals surface area contributed by atoms with Crippen LogP contribution in [0.25, 0.3) is 11.1 Å². The van der Waals surface area contributed by atoms with E-state index in [1.807, 2.05) is 0 Å². The molecular weight excluding hydrogens is 310 g/mol. The first-order chi connectivity index (χ1) is 11.9. The third-order valence-corrected chi connectivity index (χ3v) is 6.18. The summed E-state index contributed by atoms with van der Waals surface area (Å²) in [5.74, 6) is 2.26. The average Bonchev–Trinajstić information content (AvgIpc) is 2.99. The molecule has 2 aliphatic rings. The molecule has 3 nitrogen and oxygen atoms in total. The molecule has 0 aliphatic heterocycles. The summed E-state index contributed by atoms with van der Waals surface area (Å²) in [5, 5.41) is 9.96. The van der Waals surface area contributed by atoms with Crippen molar-refractivity contribution < 1.29 is 9.52 Å². The molecule has 0 radical (unpaired) electrons. The van der Waals surface area contributed by atoms with Crippen LogP contribution >= 0.6 is 0 Å². The van der Waals surface area contributed by atoms with Gasteiger partial charge in [-0.15, -0.1) is 0 Å². The number of aliphatic hydroxyl groups is 1.